The molecule has 1 aliphatic carbocycles. The van der Waals surface area contributed by atoms with Gasteiger partial charge in [-0.05, 0) is 52.4 Å². The van der Waals surface area contributed by atoms with E-state index in [0.29, 0.717) is 19.2 Å². The van der Waals surface area contributed by atoms with Crippen molar-refractivity contribution in [2.75, 3.05) is 26.2 Å². The first-order chi connectivity index (χ1) is 26.0. The summed E-state index contributed by atoms with van der Waals surface area (Å²) in [5.41, 5.74) is 0. The maximum atomic E-state index is 5.80. The summed E-state index contributed by atoms with van der Waals surface area (Å²) in [5, 5.41) is 24.6. The largest absolute Gasteiger partial charge is 0.314 e. The lowest BCUT2D eigenvalue weighted by Crippen LogP contribution is -2.36. The highest BCUT2D eigenvalue weighted by Gasteiger charge is 2.21. The topological polar surface area (TPSA) is 70.7 Å². The van der Waals surface area contributed by atoms with E-state index in [2.05, 4.69) is 15.4 Å². The Labute approximate surface area is 322 Å². The van der Waals surface area contributed by atoms with Gasteiger partial charge in [0.2, 0.25) is 0 Å². The van der Waals surface area contributed by atoms with Gasteiger partial charge in [-0.2, -0.15) is 5.06 Å². The Morgan fingerprint density at radius 2 is 0.635 bits per heavy atom. The van der Waals surface area contributed by atoms with Gasteiger partial charge < -0.3 is 5.32 Å². The lowest BCUT2D eigenvalue weighted by Gasteiger charge is -2.28. The molecular weight excluding hydrogens is 652 g/mol. The summed E-state index contributed by atoms with van der Waals surface area (Å²) in [4.78, 5) is 10.9. The fourth-order valence-electron chi connectivity index (χ4n) is 8.19. The highest BCUT2D eigenvalue weighted by atomic mass is 17.8. The van der Waals surface area contributed by atoms with Crippen molar-refractivity contribution >= 4 is 0 Å². The molecule has 0 amide bonds. The van der Waals surface area contributed by atoms with E-state index in [1.54, 1.807) is 0 Å². The average Bonchev–Trinajstić information content (AvgIpc) is 3.15. The van der Waals surface area contributed by atoms with Crippen LogP contribution in [0.3, 0.4) is 0 Å². The monoisotopic (exact) mass is 741 g/mol. The smallest absolute Gasteiger partial charge is 0.0979 e. The predicted octanol–water partition coefficient (Wildman–Crippen LogP) is 14.1. The molecule has 1 N–H and O–H groups in total. The minimum Gasteiger partial charge on any atom is -0.314 e. The van der Waals surface area contributed by atoms with Crippen molar-refractivity contribution in [3.8, 4) is 0 Å². The molecule has 1 heterocycles. The Morgan fingerprint density at radius 3 is 1.04 bits per heavy atom. The van der Waals surface area contributed by atoms with Crippen molar-refractivity contribution in [3.63, 3.8) is 0 Å². The van der Waals surface area contributed by atoms with Crippen LogP contribution in [-0.2, 0) is 30.0 Å². The van der Waals surface area contributed by atoms with E-state index in [-0.39, 0.29) is 0 Å². The van der Waals surface area contributed by atoms with Crippen LogP contribution >= 0.6 is 0 Å². The molecule has 0 atom stereocenters. The number of hydrogen-bond acceptors (Lipinski definition) is 8. The van der Waals surface area contributed by atoms with Crippen LogP contribution < -0.4 is 5.32 Å². The minimum atomic E-state index is 0.303. The van der Waals surface area contributed by atoms with Gasteiger partial charge in [-0.1, -0.05) is 225 Å². The Hall–Kier alpha value is -0.320. The quantitative estimate of drug-likeness (QED) is 0.267. The zero-order chi connectivity index (χ0) is 36.5. The van der Waals surface area contributed by atoms with Crippen molar-refractivity contribution in [1.29, 1.82) is 0 Å². The normalized spacial score (nSPS) is 25.2. The van der Waals surface area contributed by atoms with E-state index in [1.165, 1.54) is 231 Å². The van der Waals surface area contributed by atoms with Gasteiger partial charge in [0.25, 0.3) is 0 Å². The van der Waals surface area contributed by atoms with Crippen LogP contribution in [-0.4, -0.2) is 37.3 Å². The van der Waals surface area contributed by atoms with E-state index < -0.39 is 0 Å². The van der Waals surface area contributed by atoms with Gasteiger partial charge in [-0.3, -0.25) is 0 Å². The zero-order valence-corrected chi connectivity index (χ0v) is 34.4. The van der Waals surface area contributed by atoms with Crippen LogP contribution in [0.4, 0.5) is 0 Å². The molecule has 1 saturated heterocycles. The van der Waals surface area contributed by atoms with Gasteiger partial charge in [0, 0.05) is 19.1 Å². The van der Waals surface area contributed by atoms with E-state index in [9.17, 15) is 0 Å². The van der Waals surface area contributed by atoms with E-state index in [1.807, 2.05) is 5.06 Å². The standard InChI is InChI=1S/C44H88N2O6/c1-2-4-6-8-10-14-18-22-26-30-34-38-44(39-35-31-27-23-19-15-11-9-7-5-3-1)46-42-37-33-29-25-21-17-13-12-16-20-24-28-32-36-40-45-41-43-47-49-51-52-50-48-46/h44-45H,1-43H2. The fourth-order valence-corrected chi connectivity index (χ4v) is 8.19. The maximum Gasteiger partial charge on any atom is 0.0979 e. The second-order valence-electron chi connectivity index (χ2n) is 16.4. The van der Waals surface area contributed by atoms with Crippen LogP contribution in [0.25, 0.3) is 0 Å². The molecule has 2 rings (SSSR count). The molecule has 0 spiro atoms. The third-order valence-corrected chi connectivity index (χ3v) is 11.6. The molecule has 0 aromatic rings. The van der Waals surface area contributed by atoms with Gasteiger partial charge >= 0.3 is 0 Å². The van der Waals surface area contributed by atoms with Gasteiger partial charge in [-0.25, -0.2) is 4.89 Å². The summed E-state index contributed by atoms with van der Waals surface area (Å²) in [5.74, 6) is 0. The molecule has 2 aliphatic rings. The van der Waals surface area contributed by atoms with Crippen molar-refractivity contribution in [1.82, 2.24) is 10.4 Å². The Bertz CT molecular complexity index is 581. The number of nitrogens with one attached hydrogen (secondary N) is 1. The van der Waals surface area contributed by atoms with Crippen LogP contribution in [0.5, 0.6) is 0 Å². The third kappa shape index (κ3) is 33.1. The van der Waals surface area contributed by atoms with Gasteiger partial charge in [0.15, 0.2) is 0 Å². The molecule has 0 bridgehead atoms. The lowest BCUT2D eigenvalue weighted by molar-refractivity contribution is -0.774. The number of hydroxylamine groups is 2. The van der Waals surface area contributed by atoms with Crippen molar-refractivity contribution in [2.45, 2.75) is 256 Å². The Kier molecular flexibility index (Phi) is 37.1. The van der Waals surface area contributed by atoms with Crippen LogP contribution in [0.15, 0.2) is 0 Å². The number of nitrogens with zero attached hydrogens (tertiary/aromatic N) is 1. The summed E-state index contributed by atoms with van der Waals surface area (Å²) >= 11 is 0. The average molecular weight is 741 g/mol. The van der Waals surface area contributed by atoms with E-state index in [4.69, 9.17) is 20.0 Å². The zero-order valence-electron chi connectivity index (χ0n) is 34.4. The second kappa shape index (κ2) is 40.3. The molecule has 0 aromatic carbocycles. The van der Waals surface area contributed by atoms with Gasteiger partial charge in [0.1, 0.15) is 0 Å². The highest BCUT2D eigenvalue weighted by Crippen LogP contribution is 2.22. The van der Waals surface area contributed by atoms with Crippen LogP contribution in [0, 0.1) is 0 Å². The Balaban J connectivity index is 1.83. The van der Waals surface area contributed by atoms with Crippen LogP contribution in [0.1, 0.15) is 250 Å². The summed E-state index contributed by atoms with van der Waals surface area (Å²) in [6, 6.07) is 0.303. The van der Waals surface area contributed by atoms with Crippen LogP contribution in [0.2, 0.25) is 0 Å². The SMILES string of the molecule is C1CCCCCCCCCCCCC(N2CCCCCCCCCCCCCCCCNCCOOOOOO2)CCCCCCCCCCCC1. The molecular formula is C44H88N2O6. The van der Waals surface area contributed by atoms with Crippen molar-refractivity contribution in [2.24, 2.45) is 0 Å². The molecule has 1 saturated carbocycles. The van der Waals surface area contributed by atoms with E-state index >= 15 is 0 Å². The lowest BCUT2D eigenvalue weighted by atomic mass is 9.98. The predicted molar refractivity (Wildman–Crippen MR) is 215 cm³/mol. The maximum absolute atomic E-state index is 5.80. The summed E-state index contributed by atoms with van der Waals surface area (Å²) in [7, 11) is 0. The molecule has 8 heteroatoms. The van der Waals surface area contributed by atoms with Crippen molar-refractivity contribution in [3.05, 3.63) is 0 Å². The fraction of sp³-hybridized carbons (Fsp3) is 1.00. The first-order valence-corrected chi connectivity index (χ1v) is 23.4. The first kappa shape index (κ1) is 47.8. The molecule has 1 aliphatic heterocycles. The molecule has 2 fully saturated rings. The molecule has 0 aromatic heterocycles. The number of hydrogen-bond donors (Lipinski definition) is 1. The Morgan fingerprint density at radius 1 is 0.308 bits per heavy atom. The van der Waals surface area contributed by atoms with E-state index in [0.717, 1.165) is 32.4 Å². The molecule has 0 unspecified atom stereocenters. The van der Waals surface area contributed by atoms with Gasteiger partial charge in [0.05, 0.1) is 6.61 Å². The molecule has 52 heavy (non-hydrogen) atoms. The first-order valence-electron chi connectivity index (χ1n) is 23.4. The van der Waals surface area contributed by atoms with Gasteiger partial charge in [-0.15, -0.1) is 4.99 Å². The highest BCUT2D eigenvalue weighted by molar-refractivity contribution is 4.68. The molecule has 310 valence electrons. The second-order valence-corrected chi connectivity index (χ2v) is 16.4. The molecule has 0 radical (unpaired) electrons. The summed E-state index contributed by atoms with van der Waals surface area (Å²) in [6.45, 7) is 2.88. The summed E-state index contributed by atoms with van der Waals surface area (Å²) in [6.07, 6.45) is 52.7. The number of rotatable bonds is 1. The summed E-state index contributed by atoms with van der Waals surface area (Å²) < 4.78 is 0. The van der Waals surface area contributed by atoms with Crippen molar-refractivity contribution < 1.29 is 30.0 Å². The molecule has 8 nitrogen and oxygen atoms in total. The third-order valence-electron chi connectivity index (χ3n) is 11.6. The minimum absolute atomic E-state index is 0.303.